The van der Waals surface area contributed by atoms with Crippen LogP contribution in [0.2, 0.25) is 5.02 Å². The van der Waals surface area contributed by atoms with Gasteiger partial charge in [-0.1, -0.05) is 11.6 Å². The van der Waals surface area contributed by atoms with Crippen molar-refractivity contribution in [2.24, 2.45) is 0 Å². The number of ether oxygens (including phenoxy) is 1. The van der Waals surface area contributed by atoms with Gasteiger partial charge < -0.3 is 9.84 Å². The number of benzene rings is 1. The van der Waals surface area contributed by atoms with Gasteiger partial charge in [0.05, 0.1) is 17.7 Å². The fourth-order valence-corrected chi connectivity index (χ4v) is 1.49. The Labute approximate surface area is 87.3 Å². The minimum absolute atomic E-state index is 0.0778. The highest BCUT2D eigenvalue weighted by molar-refractivity contribution is 6.33. The SMILES string of the molecule is COc1cc(O)c(Cl)c(C)c1C(C)=O. The van der Waals surface area contributed by atoms with Gasteiger partial charge in [0.15, 0.2) is 5.78 Å². The number of ketones is 1. The van der Waals surface area contributed by atoms with Crippen LogP contribution >= 0.6 is 11.6 Å². The van der Waals surface area contributed by atoms with Crippen molar-refractivity contribution in [3.63, 3.8) is 0 Å². The number of carbonyl (C=O) groups excluding carboxylic acids is 1. The highest BCUT2D eigenvalue weighted by Gasteiger charge is 2.17. The number of phenolic OH excluding ortho intramolecular Hbond substituents is 1. The van der Waals surface area contributed by atoms with Gasteiger partial charge in [0.1, 0.15) is 11.5 Å². The molecular formula is C10H11ClO3. The minimum atomic E-state index is -0.138. The molecule has 0 saturated heterocycles. The standard InChI is InChI=1S/C10H11ClO3/c1-5-9(6(2)12)8(14-3)4-7(13)10(5)11/h4,13H,1-3H3. The molecule has 1 N–H and O–H groups in total. The van der Waals surface area contributed by atoms with Crippen molar-refractivity contribution in [3.8, 4) is 11.5 Å². The first-order valence-electron chi connectivity index (χ1n) is 4.06. The summed E-state index contributed by atoms with van der Waals surface area (Å²) < 4.78 is 4.98. The summed E-state index contributed by atoms with van der Waals surface area (Å²) in [6, 6.07) is 1.34. The molecular weight excluding hydrogens is 204 g/mol. The molecule has 0 aliphatic heterocycles. The van der Waals surface area contributed by atoms with Crippen LogP contribution in [0.4, 0.5) is 0 Å². The number of hydrogen-bond acceptors (Lipinski definition) is 3. The second-order valence-corrected chi connectivity index (χ2v) is 3.35. The number of phenols is 1. The summed E-state index contributed by atoms with van der Waals surface area (Å²) in [5.41, 5.74) is 0.950. The van der Waals surface area contributed by atoms with Crippen molar-refractivity contribution in [3.05, 3.63) is 22.2 Å². The average Bonchev–Trinajstić information content (AvgIpc) is 2.12. The summed E-state index contributed by atoms with van der Waals surface area (Å²) in [5, 5.41) is 9.59. The van der Waals surface area contributed by atoms with Crippen LogP contribution in [-0.2, 0) is 0 Å². The van der Waals surface area contributed by atoms with Crippen LogP contribution in [0.5, 0.6) is 11.5 Å². The molecule has 0 aromatic heterocycles. The molecule has 0 bridgehead atoms. The van der Waals surface area contributed by atoms with Crippen LogP contribution in [0, 0.1) is 6.92 Å². The van der Waals surface area contributed by atoms with E-state index < -0.39 is 0 Å². The van der Waals surface area contributed by atoms with E-state index in [4.69, 9.17) is 16.3 Å². The Bertz CT molecular complexity index is 385. The first kappa shape index (κ1) is 10.9. The molecule has 4 heteroatoms. The molecule has 0 fully saturated rings. The summed E-state index contributed by atoms with van der Waals surface area (Å²) in [7, 11) is 1.44. The zero-order valence-corrected chi connectivity index (χ0v) is 8.97. The second kappa shape index (κ2) is 3.88. The number of halogens is 1. The number of carbonyl (C=O) groups is 1. The lowest BCUT2D eigenvalue weighted by Gasteiger charge is -2.11. The molecule has 0 aliphatic carbocycles. The molecule has 0 amide bonds. The quantitative estimate of drug-likeness (QED) is 0.770. The lowest BCUT2D eigenvalue weighted by atomic mass is 10.0. The third-order valence-corrected chi connectivity index (χ3v) is 2.49. The summed E-state index contributed by atoms with van der Waals surface area (Å²) in [6.07, 6.45) is 0. The molecule has 1 aromatic carbocycles. The molecule has 0 atom stereocenters. The van der Waals surface area contributed by atoms with Crippen molar-refractivity contribution in [1.29, 1.82) is 0 Å². The van der Waals surface area contributed by atoms with Crippen molar-refractivity contribution in [2.75, 3.05) is 7.11 Å². The molecule has 0 saturated carbocycles. The molecule has 1 aromatic rings. The topological polar surface area (TPSA) is 46.5 Å². The van der Waals surface area contributed by atoms with Gasteiger partial charge in [-0.25, -0.2) is 0 Å². The monoisotopic (exact) mass is 214 g/mol. The maximum Gasteiger partial charge on any atom is 0.163 e. The Morgan fingerprint density at radius 3 is 2.57 bits per heavy atom. The largest absolute Gasteiger partial charge is 0.506 e. The van der Waals surface area contributed by atoms with Gasteiger partial charge in [-0.05, 0) is 19.4 Å². The molecule has 0 aliphatic rings. The van der Waals surface area contributed by atoms with Crippen LogP contribution in [0.3, 0.4) is 0 Å². The molecule has 0 spiro atoms. The Kier molecular flexibility index (Phi) is 3.01. The number of Topliss-reactive ketones (excluding diaryl/α,β-unsaturated/α-hetero) is 1. The number of methoxy groups -OCH3 is 1. The van der Waals surface area contributed by atoms with E-state index in [1.165, 1.54) is 20.1 Å². The van der Waals surface area contributed by atoms with E-state index >= 15 is 0 Å². The maximum atomic E-state index is 11.3. The van der Waals surface area contributed by atoms with Gasteiger partial charge in [-0.15, -0.1) is 0 Å². The molecule has 1 rings (SSSR count). The normalized spacial score (nSPS) is 10.0. The van der Waals surface area contributed by atoms with Gasteiger partial charge >= 0.3 is 0 Å². The van der Waals surface area contributed by atoms with E-state index in [0.29, 0.717) is 16.9 Å². The van der Waals surface area contributed by atoms with Crippen LogP contribution in [0.1, 0.15) is 22.8 Å². The molecule has 0 unspecified atom stereocenters. The smallest absolute Gasteiger partial charge is 0.163 e. The van der Waals surface area contributed by atoms with Gasteiger partial charge in [0.2, 0.25) is 0 Å². The predicted molar refractivity (Wildman–Crippen MR) is 54.4 cm³/mol. The Balaban J connectivity index is 3.53. The van der Waals surface area contributed by atoms with Crippen molar-refractivity contribution in [1.82, 2.24) is 0 Å². The molecule has 76 valence electrons. The van der Waals surface area contributed by atoms with Crippen LogP contribution in [0.15, 0.2) is 6.07 Å². The van der Waals surface area contributed by atoms with Crippen LogP contribution < -0.4 is 4.74 Å². The average molecular weight is 215 g/mol. The van der Waals surface area contributed by atoms with Crippen molar-refractivity contribution in [2.45, 2.75) is 13.8 Å². The number of rotatable bonds is 2. The summed E-state index contributed by atoms with van der Waals surface area (Å²) in [6.45, 7) is 3.10. The third kappa shape index (κ3) is 1.68. The molecule has 3 nitrogen and oxygen atoms in total. The van der Waals surface area contributed by atoms with Gasteiger partial charge in [0.25, 0.3) is 0 Å². The minimum Gasteiger partial charge on any atom is -0.506 e. The maximum absolute atomic E-state index is 11.3. The van der Waals surface area contributed by atoms with Crippen molar-refractivity contribution < 1.29 is 14.6 Å². The lowest BCUT2D eigenvalue weighted by Crippen LogP contribution is -2.01. The van der Waals surface area contributed by atoms with Crippen LogP contribution in [0.25, 0.3) is 0 Å². The Morgan fingerprint density at radius 1 is 1.57 bits per heavy atom. The predicted octanol–water partition coefficient (Wildman–Crippen LogP) is 2.57. The first-order valence-corrected chi connectivity index (χ1v) is 4.43. The summed E-state index contributed by atoms with van der Waals surface area (Å²) >= 11 is 5.80. The van der Waals surface area contributed by atoms with E-state index in [9.17, 15) is 9.90 Å². The molecule has 14 heavy (non-hydrogen) atoms. The molecule has 0 heterocycles. The van der Waals surface area contributed by atoms with E-state index in [1.54, 1.807) is 6.92 Å². The Hall–Kier alpha value is -1.22. The first-order chi connectivity index (χ1) is 6.49. The highest BCUT2D eigenvalue weighted by atomic mass is 35.5. The lowest BCUT2D eigenvalue weighted by molar-refractivity contribution is 0.101. The number of aromatic hydroxyl groups is 1. The number of hydrogen-bond donors (Lipinski definition) is 1. The van der Waals surface area contributed by atoms with E-state index in [1.807, 2.05) is 0 Å². The summed E-state index contributed by atoms with van der Waals surface area (Å²) in [5.74, 6) is 0.129. The van der Waals surface area contributed by atoms with Gasteiger partial charge in [0, 0.05) is 6.07 Å². The highest BCUT2D eigenvalue weighted by Crippen LogP contribution is 2.36. The third-order valence-electron chi connectivity index (χ3n) is 2.02. The zero-order valence-electron chi connectivity index (χ0n) is 8.22. The molecule has 0 radical (unpaired) electrons. The van der Waals surface area contributed by atoms with E-state index in [-0.39, 0.29) is 16.6 Å². The van der Waals surface area contributed by atoms with E-state index in [0.717, 1.165) is 0 Å². The van der Waals surface area contributed by atoms with E-state index in [2.05, 4.69) is 0 Å². The Morgan fingerprint density at radius 2 is 2.14 bits per heavy atom. The van der Waals surface area contributed by atoms with Gasteiger partial charge in [-0.3, -0.25) is 4.79 Å². The summed E-state index contributed by atoms with van der Waals surface area (Å²) in [4.78, 5) is 11.3. The fourth-order valence-electron chi connectivity index (χ4n) is 1.34. The van der Waals surface area contributed by atoms with Gasteiger partial charge in [-0.2, -0.15) is 0 Å². The van der Waals surface area contributed by atoms with Crippen LogP contribution in [-0.4, -0.2) is 18.0 Å². The zero-order chi connectivity index (χ0) is 10.9. The second-order valence-electron chi connectivity index (χ2n) is 2.97. The fraction of sp³-hybridized carbons (Fsp3) is 0.300. The van der Waals surface area contributed by atoms with Crippen molar-refractivity contribution >= 4 is 17.4 Å².